The Balaban J connectivity index is 1.75. The van der Waals surface area contributed by atoms with Gasteiger partial charge >= 0.3 is 0 Å². The van der Waals surface area contributed by atoms with Crippen LogP contribution in [0.15, 0.2) is 30.3 Å². The van der Waals surface area contributed by atoms with Crippen LogP contribution in [0.3, 0.4) is 0 Å². The van der Waals surface area contributed by atoms with Crippen LogP contribution in [0, 0.1) is 5.92 Å². The average molecular weight is 300 g/mol. The molecule has 0 radical (unpaired) electrons. The highest BCUT2D eigenvalue weighted by Gasteiger charge is 2.22. The number of pyridine rings is 1. The molecule has 4 nitrogen and oxygen atoms in total. The zero-order valence-electron chi connectivity index (χ0n) is 13.1. The van der Waals surface area contributed by atoms with E-state index < -0.39 is 0 Å². The molecule has 1 aromatic heterocycles. The van der Waals surface area contributed by atoms with Crippen molar-refractivity contribution in [3.8, 4) is 0 Å². The minimum atomic E-state index is -0.332. The molecule has 3 rings (SSSR count). The topological polar surface area (TPSA) is 54.4 Å². The second-order valence-corrected chi connectivity index (χ2v) is 5.93. The minimum Gasteiger partial charge on any atom is -0.391 e. The Hall–Kier alpha value is -1.65. The molecule has 2 heterocycles. The molecule has 2 N–H and O–H groups in total. The lowest BCUT2D eigenvalue weighted by molar-refractivity contribution is 0.0131. The van der Waals surface area contributed by atoms with Crippen molar-refractivity contribution in [3.05, 3.63) is 36.0 Å². The van der Waals surface area contributed by atoms with Crippen LogP contribution in [0.1, 0.15) is 25.5 Å². The molecule has 1 atom stereocenters. The van der Waals surface area contributed by atoms with Gasteiger partial charge in [0.25, 0.3) is 0 Å². The van der Waals surface area contributed by atoms with Gasteiger partial charge in [-0.15, -0.1) is 0 Å². The third kappa shape index (κ3) is 3.39. The van der Waals surface area contributed by atoms with Crippen molar-refractivity contribution >= 4 is 16.6 Å². The highest BCUT2D eigenvalue weighted by atomic mass is 16.5. The third-order valence-corrected chi connectivity index (χ3v) is 4.44. The van der Waals surface area contributed by atoms with Gasteiger partial charge in [0.05, 0.1) is 11.6 Å². The molecule has 1 aliphatic rings. The maximum absolute atomic E-state index is 10.4. The predicted octanol–water partition coefficient (Wildman–Crippen LogP) is 3.00. The molecule has 1 unspecified atom stereocenters. The number of aliphatic hydroxyl groups excluding tert-OH is 1. The molecule has 0 amide bonds. The van der Waals surface area contributed by atoms with E-state index in [1.165, 1.54) is 0 Å². The van der Waals surface area contributed by atoms with Gasteiger partial charge in [0.2, 0.25) is 0 Å². The summed E-state index contributed by atoms with van der Waals surface area (Å²) in [5, 5.41) is 14.9. The zero-order valence-corrected chi connectivity index (χ0v) is 13.1. The Morgan fingerprint density at radius 1 is 1.32 bits per heavy atom. The highest BCUT2D eigenvalue weighted by molar-refractivity contribution is 5.91. The van der Waals surface area contributed by atoms with Gasteiger partial charge in [0.1, 0.15) is 0 Å². The number of hydrogen-bond donors (Lipinski definition) is 2. The van der Waals surface area contributed by atoms with Crippen molar-refractivity contribution in [1.29, 1.82) is 0 Å². The summed E-state index contributed by atoms with van der Waals surface area (Å²) in [7, 11) is 0. The first kappa shape index (κ1) is 15.3. The first-order valence-electron chi connectivity index (χ1n) is 8.16. The SMILES string of the molecule is CCc1cc(NCC(O)C2CCOCC2)c2ccccc2n1. The zero-order chi connectivity index (χ0) is 15.4. The van der Waals surface area contributed by atoms with Crippen LogP contribution in [-0.2, 0) is 11.2 Å². The molecule has 0 spiro atoms. The molecular weight excluding hydrogens is 276 g/mol. The number of aromatic nitrogens is 1. The van der Waals surface area contributed by atoms with E-state index in [4.69, 9.17) is 4.74 Å². The largest absolute Gasteiger partial charge is 0.391 e. The molecule has 1 fully saturated rings. The average Bonchev–Trinajstić information content (AvgIpc) is 2.59. The van der Waals surface area contributed by atoms with E-state index in [0.29, 0.717) is 12.5 Å². The van der Waals surface area contributed by atoms with E-state index in [1.807, 2.05) is 18.2 Å². The Kier molecular flexibility index (Phi) is 4.90. The van der Waals surface area contributed by atoms with Gasteiger partial charge in [-0.3, -0.25) is 4.98 Å². The lowest BCUT2D eigenvalue weighted by Crippen LogP contribution is -2.32. The molecule has 1 aliphatic heterocycles. The van der Waals surface area contributed by atoms with Crippen LogP contribution in [0.2, 0.25) is 0 Å². The quantitative estimate of drug-likeness (QED) is 0.891. The highest BCUT2D eigenvalue weighted by Crippen LogP contribution is 2.25. The van der Waals surface area contributed by atoms with E-state index >= 15 is 0 Å². The number of ether oxygens (including phenoxy) is 1. The fourth-order valence-electron chi connectivity index (χ4n) is 3.04. The summed E-state index contributed by atoms with van der Waals surface area (Å²) in [4.78, 5) is 4.65. The summed E-state index contributed by atoms with van der Waals surface area (Å²) in [5.41, 5.74) is 3.14. The number of fused-ring (bicyclic) bond motifs is 1. The molecule has 0 aliphatic carbocycles. The summed E-state index contributed by atoms with van der Waals surface area (Å²) >= 11 is 0. The first-order valence-corrected chi connectivity index (χ1v) is 8.16. The van der Waals surface area contributed by atoms with Crippen molar-refractivity contribution in [2.24, 2.45) is 5.92 Å². The van der Waals surface area contributed by atoms with Gasteiger partial charge < -0.3 is 15.2 Å². The molecule has 1 saturated heterocycles. The number of nitrogens with one attached hydrogen (secondary N) is 1. The van der Waals surface area contributed by atoms with Gasteiger partial charge in [-0.05, 0) is 37.3 Å². The first-order chi connectivity index (χ1) is 10.8. The second-order valence-electron chi connectivity index (χ2n) is 5.93. The van der Waals surface area contributed by atoms with Crippen molar-refractivity contribution < 1.29 is 9.84 Å². The number of hydrogen-bond acceptors (Lipinski definition) is 4. The number of aliphatic hydroxyl groups is 1. The monoisotopic (exact) mass is 300 g/mol. The van der Waals surface area contributed by atoms with Crippen LogP contribution in [0.5, 0.6) is 0 Å². The van der Waals surface area contributed by atoms with E-state index in [1.54, 1.807) is 0 Å². The Morgan fingerprint density at radius 3 is 2.86 bits per heavy atom. The summed E-state index contributed by atoms with van der Waals surface area (Å²) < 4.78 is 5.36. The number of aryl methyl sites for hydroxylation is 1. The van der Waals surface area contributed by atoms with Crippen LogP contribution >= 0.6 is 0 Å². The molecule has 22 heavy (non-hydrogen) atoms. The fraction of sp³-hybridized carbons (Fsp3) is 0.500. The molecule has 4 heteroatoms. The van der Waals surface area contributed by atoms with Gasteiger partial charge in [0, 0.05) is 36.5 Å². The van der Waals surface area contributed by atoms with Crippen LogP contribution in [0.4, 0.5) is 5.69 Å². The van der Waals surface area contributed by atoms with E-state index in [2.05, 4.69) is 29.4 Å². The maximum Gasteiger partial charge on any atom is 0.0742 e. The summed E-state index contributed by atoms with van der Waals surface area (Å²) in [5.74, 6) is 0.333. The molecule has 0 bridgehead atoms. The molecular formula is C18H24N2O2. The summed E-state index contributed by atoms with van der Waals surface area (Å²) in [6.07, 6.45) is 2.46. The Labute approximate surface area is 131 Å². The van der Waals surface area contributed by atoms with E-state index in [-0.39, 0.29) is 6.10 Å². The molecule has 2 aromatic rings. The number of anilines is 1. The second kappa shape index (κ2) is 7.07. The number of benzene rings is 1. The van der Waals surface area contributed by atoms with Gasteiger partial charge in [0.15, 0.2) is 0 Å². The predicted molar refractivity (Wildman–Crippen MR) is 89.2 cm³/mol. The van der Waals surface area contributed by atoms with Crippen molar-refractivity contribution in [3.63, 3.8) is 0 Å². The molecule has 1 aromatic carbocycles. The fourth-order valence-corrected chi connectivity index (χ4v) is 3.04. The number of para-hydroxylation sites is 1. The van der Waals surface area contributed by atoms with Gasteiger partial charge in [-0.25, -0.2) is 0 Å². The molecule has 0 saturated carbocycles. The van der Waals surface area contributed by atoms with Crippen LogP contribution in [0.25, 0.3) is 10.9 Å². The summed E-state index contributed by atoms with van der Waals surface area (Å²) in [6.45, 7) is 4.21. The minimum absolute atomic E-state index is 0.332. The standard InChI is InChI=1S/C18H24N2O2/c1-2-14-11-17(15-5-3-4-6-16(15)20-14)19-12-18(21)13-7-9-22-10-8-13/h3-6,11,13,18,21H,2,7-10,12H2,1H3,(H,19,20). The van der Waals surface area contributed by atoms with Crippen molar-refractivity contribution in [2.45, 2.75) is 32.3 Å². The molecule has 118 valence electrons. The smallest absolute Gasteiger partial charge is 0.0742 e. The van der Waals surface area contributed by atoms with E-state index in [0.717, 1.165) is 54.8 Å². The Bertz CT molecular complexity index is 624. The van der Waals surface area contributed by atoms with Crippen molar-refractivity contribution in [2.75, 3.05) is 25.1 Å². The lowest BCUT2D eigenvalue weighted by Gasteiger charge is -2.27. The van der Waals surface area contributed by atoms with Gasteiger partial charge in [-0.1, -0.05) is 25.1 Å². The third-order valence-electron chi connectivity index (χ3n) is 4.44. The lowest BCUT2D eigenvalue weighted by atomic mass is 9.94. The van der Waals surface area contributed by atoms with Gasteiger partial charge in [-0.2, -0.15) is 0 Å². The Morgan fingerprint density at radius 2 is 2.09 bits per heavy atom. The number of nitrogens with zero attached hydrogens (tertiary/aromatic N) is 1. The maximum atomic E-state index is 10.4. The normalized spacial score (nSPS) is 17.5. The van der Waals surface area contributed by atoms with E-state index in [9.17, 15) is 5.11 Å². The van der Waals surface area contributed by atoms with Crippen molar-refractivity contribution in [1.82, 2.24) is 4.98 Å². The van der Waals surface area contributed by atoms with Crippen LogP contribution in [-0.4, -0.2) is 36.0 Å². The number of rotatable bonds is 5. The summed E-state index contributed by atoms with van der Waals surface area (Å²) in [6, 6.07) is 10.2. The van der Waals surface area contributed by atoms with Crippen LogP contribution < -0.4 is 5.32 Å².